The van der Waals surface area contributed by atoms with Crippen LogP contribution in [0.4, 0.5) is 18.9 Å². The van der Waals surface area contributed by atoms with Crippen LogP contribution in [0.3, 0.4) is 0 Å². The van der Waals surface area contributed by atoms with E-state index in [2.05, 4.69) is 9.88 Å². The zero-order valence-corrected chi connectivity index (χ0v) is 19.5. The summed E-state index contributed by atoms with van der Waals surface area (Å²) < 4.78 is 41.0. The van der Waals surface area contributed by atoms with Crippen molar-refractivity contribution in [2.45, 2.75) is 32.1 Å². The van der Waals surface area contributed by atoms with Crippen molar-refractivity contribution in [3.05, 3.63) is 69.1 Å². The third kappa shape index (κ3) is 4.33. The molecule has 0 saturated carbocycles. The molecule has 1 saturated heterocycles. The summed E-state index contributed by atoms with van der Waals surface area (Å²) in [5, 5.41) is 19.1. The lowest BCUT2D eigenvalue weighted by molar-refractivity contribution is -0.137. The average molecular weight is 480 g/mol. The van der Waals surface area contributed by atoms with Gasteiger partial charge in [-0.2, -0.15) is 23.7 Å². The number of benzene rings is 1. The molecule has 180 valence electrons. The maximum absolute atomic E-state index is 13.2. The van der Waals surface area contributed by atoms with E-state index in [1.54, 1.807) is 19.2 Å². The molecule has 0 bridgehead atoms. The van der Waals surface area contributed by atoms with Crippen molar-refractivity contribution in [2.24, 2.45) is 7.05 Å². The van der Waals surface area contributed by atoms with E-state index >= 15 is 0 Å². The van der Waals surface area contributed by atoms with Gasteiger partial charge in [0.15, 0.2) is 0 Å². The molecule has 7 nitrogen and oxygen atoms in total. The quantitative estimate of drug-likeness (QED) is 0.564. The number of rotatable bonds is 3. The number of fused-ring (bicyclic) bond motifs is 1. The van der Waals surface area contributed by atoms with Crippen LogP contribution in [0, 0.1) is 22.7 Å². The first-order chi connectivity index (χ1) is 16.6. The molecular weight excluding hydrogens is 457 g/mol. The van der Waals surface area contributed by atoms with Crippen LogP contribution in [0.1, 0.15) is 42.3 Å². The lowest BCUT2D eigenvalue weighted by Crippen LogP contribution is -2.53. The van der Waals surface area contributed by atoms with Crippen molar-refractivity contribution in [1.82, 2.24) is 14.5 Å². The van der Waals surface area contributed by atoms with Crippen molar-refractivity contribution in [1.29, 1.82) is 10.5 Å². The second kappa shape index (κ2) is 9.05. The summed E-state index contributed by atoms with van der Waals surface area (Å²) in [6, 6.07) is 12.1. The molecular formula is C25H23F3N6O. The summed E-state index contributed by atoms with van der Waals surface area (Å²) in [5.74, 6) is 0. The molecule has 0 aliphatic carbocycles. The number of piperazine rings is 1. The number of hydrogen-bond acceptors (Lipinski definition) is 6. The number of aryl methyl sites for hydroxylation is 1. The maximum Gasteiger partial charge on any atom is 0.416 e. The van der Waals surface area contributed by atoms with Gasteiger partial charge in [-0.25, -0.2) is 4.98 Å². The third-order valence-corrected chi connectivity index (χ3v) is 6.63. The smallest absolute Gasteiger partial charge is 0.366 e. The number of alkyl halides is 3. The molecule has 0 amide bonds. The van der Waals surface area contributed by atoms with Crippen molar-refractivity contribution in [3.8, 4) is 12.1 Å². The molecule has 0 radical (unpaired) electrons. The number of pyridine rings is 2. The number of aromatic nitrogens is 2. The largest absolute Gasteiger partial charge is 0.416 e. The molecule has 0 spiro atoms. The summed E-state index contributed by atoms with van der Waals surface area (Å²) in [5.41, 5.74) is 0.856. The van der Waals surface area contributed by atoms with E-state index in [1.807, 2.05) is 30.9 Å². The molecule has 1 aliphatic heterocycles. The lowest BCUT2D eigenvalue weighted by Gasteiger charge is -2.44. The highest BCUT2D eigenvalue weighted by atomic mass is 19.4. The van der Waals surface area contributed by atoms with Gasteiger partial charge in [0.05, 0.1) is 16.8 Å². The topological polar surface area (TPSA) is 89.0 Å². The van der Waals surface area contributed by atoms with Gasteiger partial charge in [0.2, 0.25) is 0 Å². The van der Waals surface area contributed by atoms with Crippen LogP contribution in [-0.4, -0.2) is 40.1 Å². The van der Waals surface area contributed by atoms with Gasteiger partial charge in [-0.15, -0.1) is 0 Å². The van der Waals surface area contributed by atoms with Crippen LogP contribution in [0.15, 0.2) is 41.2 Å². The SMILES string of the molecule is CC(c1cccc(C(F)(F)F)c1)N1CCN(c2c(C#N)c(=O)n(C)c3ccc(C#N)nc23)C[C@H]1C. The van der Waals surface area contributed by atoms with Gasteiger partial charge in [0, 0.05) is 38.8 Å². The minimum Gasteiger partial charge on any atom is -0.366 e. The Kier molecular flexibility index (Phi) is 6.27. The number of halogens is 3. The van der Waals surface area contributed by atoms with Gasteiger partial charge in [-0.05, 0) is 43.7 Å². The zero-order chi connectivity index (χ0) is 25.5. The monoisotopic (exact) mass is 480 g/mol. The first-order valence-corrected chi connectivity index (χ1v) is 11.1. The minimum absolute atomic E-state index is 0.0471. The zero-order valence-electron chi connectivity index (χ0n) is 19.5. The molecule has 1 unspecified atom stereocenters. The summed E-state index contributed by atoms with van der Waals surface area (Å²) in [4.78, 5) is 21.3. The highest BCUT2D eigenvalue weighted by Gasteiger charge is 2.34. The average Bonchev–Trinajstić information content (AvgIpc) is 2.84. The minimum atomic E-state index is -4.41. The molecule has 1 fully saturated rings. The van der Waals surface area contributed by atoms with Crippen molar-refractivity contribution < 1.29 is 13.2 Å². The van der Waals surface area contributed by atoms with Gasteiger partial charge in [0.25, 0.3) is 5.56 Å². The van der Waals surface area contributed by atoms with E-state index in [0.717, 1.165) is 6.07 Å². The summed E-state index contributed by atoms with van der Waals surface area (Å²) in [6.07, 6.45) is -4.41. The van der Waals surface area contributed by atoms with Crippen LogP contribution in [-0.2, 0) is 13.2 Å². The number of nitrogens with zero attached hydrogens (tertiary/aromatic N) is 6. The fourth-order valence-electron chi connectivity index (χ4n) is 4.78. The fraction of sp³-hybridized carbons (Fsp3) is 0.360. The van der Waals surface area contributed by atoms with E-state index < -0.39 is 17.3 Å². The van der Waals surface area contributed by atoms with Crippen LogP contribution in [0.5, 0.6) is 0 Å². The molecule has 1 aliphatic rings. The van der Waals surface area contributed by atoms with Gasteiger partial charge in [-0.1, -0.05) is 12.1 Å². The van der Waals surface area contributed by atoms with E-state index in [9.17, 15) is 28.5 Å². The Hall–Kier alpha value is -3.89. The van der Waals surface area contributed by atoms with E-state index in [4.69, 9.17) is 0 Å². The summed E-state index contributed by atoms with van der Waals surface area (Å²) >= 11 is 0. The Morgan fingerprint density at radius 1 is 1.14 bits per heavy atom. The van der Waals surface area contributed by atoms with Crippen LogP contribution in [0.2, 0.25) is 0 Å². The molecule has 35 heavy (non-hydrogen) atoms. The predicted octanol–water partition coefficient (Wildman–Crippen LogP) is 3.97. The van der Waals surface area contributed by atoms with Gasteiger partial charge < -0.3 is 9.47 Å². The molecule has 1 aromatic carbocycles. The number of nitriles is 2. The number of anilines is 1. The second-order valence-corrected chi connectivity index (χ2v) is 8.71. The number of hydrogen-bond donors (Lipinski definition) is 0. The van der Waals surface area contributed by atoms with Gasteiger partial charge in [0.1, 0.15) is 28.9 Å². The Bertz CT molecular complexity index is 1430. The van der Waals surface area contributed by atoms with Crippen molar-refractivity contribution >= 4 is 16.7 Å². The van der Waals surface area contributed by atoms with Gasteiger partial charge in [-0.3, -0.25) is 9.69 Å². The third-order valence-electron chi connectivity index (χ3n) is 6.63. The fourth-order valence-corrected chi connectivity index (χ4v) is 4.78. The van der Waals surface area contributed by atoms with Crippen molar-refractivity contribution in [3.63, 3.8) is 0 Å². The van der Waals surface area contributed by atoms with Crippen LogP contribution < -0.4 is 10.5 Å². The highest BCUT2D eigenvalue weighted by molar-refractivity contribution is 5.92. The first-order valence-electron chi connectivity index (χ1n) is 11.1. The predicted molar refractivity (Wildman–Crippen MR) is 125 cm³/mol. The van der Waals surface area contributed by atoms with Gasteiger partial charge >= 0.3 is 6.18 Å². The van der Waals surface area contributed by atoms with E-state index in [0.29, 0.717) is 41.9 Å². The molecule has 2 atom stereocenters. The molecule has 0 N–H and O–H groups in total. The van der Waals surface area contributed by atoms with Crippen molar-refractivity contribution in [2.75, 3.05) is 24.5 Å². The summed E-state index contributed by atoms with van der Waals surface area (Å²) in [6.45, 7) is 5.19. The first kappa shape index (κ1) is 24.2. The lowest BCUT2D eigenvalue weighted by atomic mass is 10.0. The Balaban J connectivity index is 1.69. The Morgan fingerprint density at radius 3 is 2.51 bits per heavy atom. The molecule has 10 heteroatoms. The van der Waals surface area contributed by atoms with E-state index in [-0.39, 0.29) is 23.3 Å². The highest BCUT2D eigenvalue weighted by Crippen LogP contribution is 2.34. The standard InChI is InChI=1S/C25H23F3N6O/c1-15-14-33(9-10-34(15)16(2)17-5-4-6-18(11-17)25(26,27)28)23-20(13-30)24(35)32(3)21-8-7-19(12-29)31-22(21)23/h4-8,11,15-16H,9-10,14H2,1-3H3/t15-,16?/m1/s1. The van der Waals surface area contributed by atoms with Crippen LogP contribution >= 0.6 is 0 Å². The Labute approximate surface area is 200 Å². The summed E-state index contributed by atoms with van der Waals surface area (Å²) in [7, 11) is 1.56. The molecule has 4 rings (SSSR count). The normalized spacial score (nSPS) is 17.7. The Morgan fingerprint density at radius 2 is 1.89 bits per heavy atom. The second-order valence-electron chi connectivity index (χ2n) is 8.71. The molecule has 3 heterocycles. The van der Waals surface area contributed by atoms with E-state index in [1.165, 1.54) is 22.8 Å². The van der Waals surface area contributed by atoms with Crippen LogP contribution in [0.25, 0.3) is 11.0 Å². The maximum atomic E-state index is 13.2. The molecule has 2 aromatic heterocycles. The molecule has 3 aromatic rings.